The summed E-state index contributed by atoms with van der Waals surface area (Å²) in [6.07, 6.45) is 0. The van der Waals surface area contributed by atoms with Gasteiger partial charge in [-0.1, -0.05) is 55.0 Å². The van der Waals surface area contributed by atoms with Gasteiger partial charge in [0.05, 0.1) is 0 Å². The minimum Gasteiger partial charge on any atom is -0.489 e. The Bertz CT molecular complexity index is 549. The highest BCUT2D eigenvalue weighted by Gasteiger charge is 2.03. The molecule has 0 N–H and O–H groups in total. The van der Waals surface area contributed by atoms with Gasteiger partial charge in [0, 0.05) is 5.02 Å². The summed E-state index contributed by atoms with van der Waals surface area (Å²) >= 11 is 5.99. The molecule has 0 unspecified atom stereocenters. The van der Waals surface area contributed by atoms with Crippen molar-refractivity contribution in [2.24, 2.45) is 0 Å². The van der Waals surface area contributed by atoms with Crippen molar-refractivity contribution < 1.29 is 4.74 Å². The van der Waals surface area contributed by atoms with Crippen LogP contribution in [0.4, 0.5) is 0 Å². The average Bonchev–Trinajstić information content (AvgIpc) is 2.40. The van der Waals surface area contributed by atoms with E-state index in [1.165, 1.54) is 11.0 Å². The fourth-order valence-corrected chi connectivity index (χ4v) is 1.99. The van der Waals surface area contributed by atoms with E-state index >= 15 is 0 Å². The summed E-state index contributed by atoms with van der Waals surface area (Å²) in [5, 5.41) is 0.772. The maximum Gasteiger partial charge on any atom is 0.169 e. The van der Waals surface area contributed by atoms with Crippen LogP contribution in [0, 0.1) is 6.92 Å². The quantitative estimate of drug-likeness (QED) is 0.758. The third-order valence-electron chi connectivity index (χ3n) is 3.18. The summed E-state index contributed by atoms with van der Waals surface area (Å²) in [5.74, 6) is 0.856. The SMILES string of the molecule is CB(C)c1ccc(COc2ccc(Cl)c(C)c2)cc1. The molecular formula is C16H18BClO. The first-order chi connectivity index (χ1) is 9.06. The molecule has 0 aliphatic carbocycles. The van der Waals surface area contributed by atoms with E-state index in [0.29, 0.717) is 13.3 Å². The fourth-order valence-electron chi connectivity index (χ4n) is 1.87. The molecule has 2 aromatic rings. The van der Waals surface area contributed by atoms with Gasteiger partial charge < -0.3 is 4.74 Å². The summed E-state index contributed by atoms with van der Waals surface area (Å²) in [6, 6.07) is 14.3. The Labute approximate surface area is 120 Å². The van der Waals surface area contributed by atoms with Gasteiger partial charge >= 0.3 is 0 Å². The maximum absolute atomic E-state index is 5.99. The molecule has 0 heterocycles. The molecule has 1 nitrogen and oxygen atoms in total. The minimum absolute atomic E-state index is 0.564. The van der Waals surface area contributed by atoms with Crippen LogP contribution in [0.5, 0.6) is 5.75 Å². The Balaban J connectivity index is 2.00. The molecule has 2 rings (SSSR count). The molecule has 0 radical (unpaired) electrons. The van der Waals surface area contributed by atoms with E-state index in [4.69, 9.17) is 16.3 Å². The first kappa shape index (κ1) is 14.0. The van der Waals surface area contributed by atoms with Crippen molar-refractivity contribution in [3.63, 3.8) is 0 Å². The van der Waals surface area contributed by atoms with Gasteiger partial charge in [0.2, 0.25) is 0 Å². The van der Waals surface area contributed by atoms with Crippen molar-refractivity contribution in [3.05, 3.63) is 58.6 Å². The standard InChI is InChI=1S/C16H18BClO/c1-12-10-15(8-9-16(12)18)19-11-13-4-6-14(7-5-13)17(2)3/h4-10H,11H2,1-3H3. The summed E-state index contributed by atoms with van der Waals surface area (Å²) in [6.45, 7) is 7.52. The van der Waals surface area contributed by atoms with Gasteiger partial charge in [-0.05, 0) is 36.2 Å². The summed E-state index contributed by atoms with van der Waals surface area (Å²) < 4.78 is 5.77. The predicted molar refractivity (Wildman–Crippen MR) is 84.1 cm³/mol. The number of aryl methyl sites for hydroxylation is 1. The van der Waals surface area contributed by atoms with E-state index in [0.717, 1.165) is 16.3 Å². The van der Waals surface area contributed by atoms with Crippen LogP contribution in [-0.4, -0.2) is 6.71 Å². The maximum atomic E-state index is 5.99. The Morgan fingerprint density at radius 3 is 2.32 bits per heavy atom. The van der Waals surface area contributed by atoms with Crippen LogP contribution in [0.1, 0.15) is 11.1 Å². The van der Waals surface area contributed by atoms with Crippen molar-refractivity contribution in [2.75, 3.05) is 0 Å². The highest BCUT2D eigenvalue weighted by Crippen LogP contribution is 2.21. The molecule has 0 saturated carbocycles. The highest BCUT2D eigenvalue weighted by molar-refractivity contribution is 6.70. The van der Waals surface area contributed by atoms with Crippen LogP contribution in [0.2, 0.25) is 18.7 Å². The Morgan fingerprint density at radius 2 is 1.74 bits per heavy atom. The number of halogens is 1. The zero-order valence-electron chi connectivity index (χ0n) is 11.6. The molecule has 98 valence electrons. The van der Waals surface area contributed by atoms with Gasteiger partial charge in [-0.15, -0.1) is 0 Å². The lowest BCUT2D eigenvalue weighted by molar-refractivity contribution is 0.306. The third-order valence-corrected chi connectivity index (χ3v) is 3.61. The van der Waals surface area contributed by atoms with E-state index in [2.05, 4.69) is 37.9 Å². The second-order valence-electron chi connectivity index (χ2n) is 5.10. The second-order valence-corrected chi connectivity index (χ2v) is 5.50. The largest absolute Gasteiger partial charge is 0.489 e. The van der Waals surface area contributed by atoms with E-state index in [1.54, 1.807) is 0 Å². The summed E-state index contributed by atoms with van der Waals surface area (Å²) in [5.41, 5.74) is 3.57. The topological polar surface area (TPSA) is 9.23 Å². The zero-order valence-corrected chi connectivity index (χ0v) is 12.4. The van der Waals surface area contributed by atoms with Crippen molar-refractivity contribution >= 4 is 23.8 Å². The van der Waals surface area contributed by atoms with E-state index in [-0.39, 0.29) is 0 Å². The molecular weight excluding hydrogens is 254 g/mol. The molecule has 0 fully saturated rings. The van der Waals surface area contributed by atoms with Crippen molar-refractivity contribution in [1.29, 1.82) is 0 Å². The number of hydrogen-bond donors (Lipinski definition) is 0. The lowest BCUT2D eigenvalue weighted by Gasteiger charge is -2.09. The van der Waals surface area contributed by atoms with Crippen molar-refractivity contribution in [3.8, 4) is 5.75 Å². The van der Waals surface area contributed by atoms with Crippen LogP contribution >= 0.6 is 11.6 Å². The van der Waals surface area contributed by atoms with Crippen molar-refractivity contribution in [1.82, 2.24) is 0 Å². The molecule has 0 aliphatic heterocycles. The molecule has 0 bridgehead atoms. The summed E-state index contributed by atoms with van der Waals surface area (Å²) in [7, 11) is 0. The van der Waals surface area contributed by atoms with Crippen LogP contribution in [0.3, 0.4) is 0 Å². The highest BCUT2D eigenvalue weighted by atomic mass is 35.5. The van der Waals surface area contributed by atoms with Crippen LogP contribution in [0.25, 0.3) is 0 Å². The van der Waals surface area contributed by atoms with E-state index in [9.17, 15) is 0 Å². The molecule has 0 saturated heterocycles. The predicted octanol–water partition coefficient (Wildman–Crippen LogP) is 4.19. The molecule has 3 heteroatoms. The Kier molecular flexibility index (Phi) is 4.54. The van der Waals surface area contributed by atoms with Gasteiger partial charge in [0.1, 0.15) is 12.4 Å². The normalized spacial score (nSPS) is 10.3. The Morgan fingerprint density at radius 1 is 1.05 bits per heavy atom. The first-order valence-electron chi connectivity index (χ1n) is 6.54. The minimum atomic E-state index is 0.564. The van der Waals surface area contributed by atoms with Crippen molar-refractivity contribution in [2.45, 2.75) is 27.2 Å². The smallest absolute Gasteiger partial charge is 0.169 e. The summed E-state index contributed by atoms with van der Waals surface area (Å²) in [4.78, 5) is 0. The molecule has 2 aromatic carbocycles. The molecule has 0 aliphatic rings. The van der Waals surface area contributed by atoms with Gasteiger partial charge in [0.25, 0.3) is 0 Å². The fraction of sp³-hybridized carbons (Fsp3) is 0.250. The first-order valence-corrected chi connectivity index (χ1v) is 6.92. The average molecular weight is 273 g/mol. The van der Waals surface area contributed by atoms with Gasteiger partial charge in [-0.2, -0.15) is 0 Å². The van der Waals surface area contributed by atoms with Crippen LogP contribution < -0.4 is 10.2 Å². The molecule has 19 heavy (non-hydrogen) atoms. The molecule has 0 aromatic heterocycles. The number of ether oxygens (including phenoxy) is 1. The number of benzene rings is 2. The Hall–Kier alpha value is -1.41. The van der Waals surface area contributed by atoms with E-state index in [1.807, 2.05) is 25.1 Å². The van der Waals surface area contributed by atoms with Crippen LogP contribution in [-0.2, 0) is 6.61 Å². The molecule has 0 amide bonds. The van der Waals surface area contributed by atoms with Crippen LogP contribution in [0.15, 0.2) is 42.5 Å². The zero-order chi connectivity index (χ0) is 13.8. The molecule has 0 atom stereocenters. The van der Waals surface area contributed by atoms with Gasteiger partial charge in [0.15, 0.2) is 6.71 Å². The van der Waals surface area contributed by atoms with Gasteiger partial charge in [-0.25, -0.2) is 0 Å². The second kappa shape index (κ2) is 6.16. The lowest BCUT2D eigenvalue weighted by atomic mass is 9.49. The lowest BCUT2D eigenvalue weighted by Crippen LogP contribution is -2.22. The number of hydrogen-bond acceptors (Lipinski definition) is 1. The monoisotopic (exact) mass is 272 g/mol. The third kappa shape index (κ3) is 3.78. The molecule has 0 spiro atoms. The van der Waals surface area contributed by atoms with E-state index < -0.39 is 0 Å². The number of rotatable bonds is 4. The van der Waals surface area contributed by atoms with Gasteiger partial charge in [-0.3, -0.25) is 0 Å².